The van der Waals surface area contributed by atoms with Crippen molar-refractivity contribution in [1.29, 1.82) is 0 Å². The molecule has 0 spiro atoms. The highest BCUT2D eigenvalue weighted by atomic mass is 31.2. The van der Waals surface area contributed by atoms with E-state index in [1.54, 1.807) is 0 Å². The zero-order valence-electron chi connectivity index (χ0n) is 57.4. The lowest BCUT2D eigenvalue weighted by Crippen LogP contribution is -2.30. The predicted molar refractivity (Wildman–Crippen MR) is 359 cm³/mol. The Labute approximate surface area is 543 Å². The summed E-state index contributed by atoms with van der Waals surface area (Å²) in [6.45, 7) is 4.93. The van der Waals surface area contributed by atoms with Gasteiger partial charge in [-0.2, -0.15) is 0 Å². The number of hydrogen-bond donors (Lipinski definition) is 3. The Morgan fingerprint density at radius 3 is 0.663 bits per heavy atom. The number of unbranched alkanes of at least 4 members (excludes halogenated alkanes) is 45. The van der Waals surface area contributed by atoms with Gasteiger partial charge in [-0.15, -0.1) is 0 Å². The van der Waals surface area contributed by atoms with Crippen LogP contribution < -0.4 is 0 Å². The van der Waals surface area contributed by atoms with Crippen LogP contribution in [0, 0.1) is 0 Å². The first-order chi connectivity index (χ1) is 43.2. The van der Waals surface area contributed by atoms with E-state index in [2.05, 4.69) is 27.7 Å². The number of rotatable bonds is 71. The topological polar surface area (TPSA) is 237 Å². The van der Waals surface area contributed by atoms with E-state index in [0.29, 0.717) is 25.7 Å². The summed E-state index contributed by atoms with van der Waals surface area (Å²) in [5, 5.41) is 10.6. The lowest BCUT2D eigenvalue weighted by atomic mass is 10.0. The molecule has 17 nitrogen and oxygen atoms in total. The minimum absolute atomic E-state index is 0.108. The van der Waals surface area contributed by atoms with Gasteiger partial charge in [0.1, 0.15) is 19.3 Å². The monoisotopic (exact) mass is 1310 g/mol. The van der Waals surface area contributed by atoms with E-state index in [4.69, 9.17) is 37.0 Å². The number of hydrogen-bond acceptors (Lipinski definition) is 15. The highest BCUT2D eigenvalue weighted by molar-refractivity contribution is 7.47. The van der Waals surface area contributed by atoms with Crippen molar-refractivity contribution >= 4 is 39.5 Å². The summed E-state index contributed by atoms with van der Waals surface area (Å²) in [5.74, 6) is -2.12. The summed E-state index contributed by atoms with van der Waals surface area (Å²) in [4.78, 5) is 72.5. The Bertz CT molecular complexity index is 1710. The van der Waals surface area contributed by atoms with Crippen molar-refractivity contribution in [2.75, 3.05) is 39.6 Å². The molecule has 0 saturated carbocycles. The van der Waals surface area contributed by atoms with Crippen LogP contribution in [0.4, 0.5) is 0 Å². The summed E-state index contributed by atoms with van der Waals surface area (Å²) in [6, 6.07) is 0. The first-order valence-corrected chi connectivity index (χ1v) is 39.8. The second kappa shape index (κ2) is 64.8. The van der Waals surface area contributed by atoms with Gasteiger partial charge in [0.25, 0.3) is 0 Å². The van der Waals surface area contributed by atoms with Crippen LogP contribution in [0.3, 0.4) is 0 Å². The molecule has 2 unspecified atom stereocenters. The van der Waals surface area contributed by atoms with Crippen LogP contribution in [-0.4, -0.2) is 96.7 Å². The van der Waals surface area contributed by atoms with Crippen molar-refractivity contribution in [2.24, 2.45) is 0 Å². The molecule has 0 rings (SSSR count). The normalized spacial score (nSPS) is 14.0. The van der Waals surface area contributed by atoms with E-state index >= 15 is 0 Å². The van der Waals surface area contributed by atoms with Crippen molar-refractivity contribution in [3.63, 3.8) is 0 Å². The van der Waals surface area contributed by atoms with Crippen LogP contribution in [0.25, 0.3) is 0 Å². The van der Waals surface area contributed by atoms with Crippen molar-refractivity contribution in [3.05, 3.63) is 0 Å². The first kappa shape index (κ1) is 87.1. The molecule has 89 heavy (non-hydrogen) atoms. The molecule has 0 aromatic rings. The minimum Gasteiger partial charge on any atom is -0.462 e. The van der Waals surface area contributed by atoms with E-state index in [-0.39, 0.29) is 25.7 Å². The Balaban J connectivity index is 5.21. The second-order valence-corrected chi connectivity index (χ2v) is 28.2. The molecular formula is C70H136O17P2. The maximum atomic E-state index is 13.0. The van der Waals surface area contributed by atoms with Gasteiger partial charge in [-0.25, -0.2) is 9.13 Å². The van der Waals surface area contributed by atoms with Gasteiger partial charge in [0.2, 0.25) is 0 Å². The SMILES string of the molecule is CCCCCCCCCCCCCCCCCCCC(=O)O[C@H](COC(=O)CCCCCCCCCCCCC)COP(=O)(O)OC[C@@H](O)COP(=O)(O)OC[C@@H](COC(=O)CCCCCCCCCCCC)OC(=O)CCCCCCCCCCCCC. The maximum Gasteiger partial charge on any atom is 0.472 e. The number of aliphatic hydroxyl groups excluding tert-OH is 1. The Kier molecular flexibility index (Phi) is 63.3. The molecule has 0 aliphatic carbocycles. The lowest BCUT2D eigenvalue weighted by molar-refractivity contribution is -0.161. The number of carbonyl (C=O) groups excluding carboxylic acids is 4. The number of ether oxygens (including phenoxy) is 4. The van der Waals surface area contributed by atoms with Gasteiger partial charge < -0.3 is 33.8 Å². The highest BCUT2D eigenvalue weighted by Gasteiger charge is 2.30. The van der Waals surface area contributed by atoms with Crippen LogP contribution in [0.15, 0.2) is 0 Å². The quantitative estimate of drug-likeness (QED) is 0.0222. The number of phosphoric acid groups is 2. The van der Waals surface area contributed by atoms with E-state index in [0.717, 1.165) is 89.9 Å². The molecule has 5 atom stereocenters. The number of aliphatic hydroxyl groups is 1. The highest BCUT2D eigenvalue weighted by Crippen LogP contribution is 2.45. The Hall–Kier alpha value is -1.94. The third-order valence-corrected chi connectivity index (χ3v) is 18.3. The summed E-state index contributed by atoms with van der Waals surface area (Å²) >= 11 is 0. The summed E-state index contributed by atoms with van der Waals surface area (Å²) in [7, 11) is -9.89. The third-order valence-electron chi connectivity index (χ3n) is 16.4. The molecule has 0 heterocycles. The minimum atomic E-state index is -4.95. The van der Waals surface area contributed by atoms with E-state index in [1.807, 2.05) is 0 Å². The van der Waals surface area contributed by atoms with Gasteiger partial charge in [-0.1, -0.05) is 317 Å². The average molecular weight is 1310 g/mol. The predicted octanol–water partition coefficient (Wildman–Crippen LogP) is 20.3. The van der Waals surface area contributed by atoms with Gasteiger partial charge in [0, 0.05) is 25.7 Å². The molecule has 0 aliphatic rings. The Morgan fingerprint density at radius 2 is 0.449 bits per heavy atom. The van der Waals surface area contributed by atoms with E-state index in [1.165, 1.54) is 199 Å². The summed E-state index contributed by atoms with van der Waals surface area (Å²) in [5.41, 5.74) is 0. The van der Waals surface area contributed by atoms with Crippen LogP contribution in [-0.2, 0) is 65.4 Å². The largest absolute Gasteiger partial charge is 0.472 e. The van der Waals surface area contributed by atoms with E-state index in [9.17, 15) is 43.2 Å². The zero-order valence-corrected chi connectivity index (χ0v) is 59.2. The number of phosphoric ester groups is 2. The van der Waals surface area contributed by atoms with Gasteiger partial charge in [0.15, 0.2) is 12.2 Å². The van der Waals surface area contributed by atoms with Crippen molar-refractivity contribution in [1.82, 2.24) is 0 Å². The van der Waals surface area contributed by atoms with Gasteiger partial charge in [-0.3, -0.25) is 37.3 Å². The molecule has 0 aromatic heterocycles. The number of esters is 4. The number of carbonyl (C=O) groups is 4. The molecule has 0 saturated heterocycles. The summed E-state index contributed by atoms with van der Waals surface area (Å²) < 4.78 is 68.3. The molecule has 0 bridgehead atoms. The van der Waals surface area contributed by atoms with Crippen LogP contribution in [0.1, 0.15) is 368 Å². The Morgan fingerprint density at radius 1 is 0.270 bits per heavy atom. The second-order valence-electron chi connectivity index (χ2n) is 25.3. The molecule has 0 aromatic carbocycles. The molecule has 0 amide bonds. The first-order valence-electron chi connectivity index (χ1n) is 36.8. The van der Waals surface area contributed by atoms with E-state index < -0.39 is 97.5 Å². The smallest absolute Gasteiger partial charge is 0.462 e. The molecule has 3 N–H and O–H groups in total. The van der Waals surface area contributed by atoms with Crippen LogP contribution in [0.5, 0.6) is 0 Å². The molecular weight excluding hydrogens is 1170 g/mol. The molecule has 0 aliphatic heterocycles. The fourth-order valence-electron chi connectivity index (χ4n) is 10.7. The fraction of sp³-hybridized carbons (Fsp3) is 0.943. The molecule has 0 fully saturated rings. The van der Waals surface area contributed by atoms with Crippen LogP contribution in [0.2, 0.25) is 0 Å². The van der Waals surface area contributed by atoms with Crippen LogP contribution >= 0.6 is 15.6 Å². The fourth-order valence-corrected chi connectivity index (χ4v) is 12.3. The lowest BCUT2D eigenvalue weighted by Gasteiger charge is -2.21. The molecule has 0 radical (unpaired) electrons. The maximum absolute atomic E-state index is 13.0. The van der Waals surface area contributed by atoms with Gasteiger partial charge >= 0.3 is 39.5 Å². The average Bonchev–Trinajstić information content (AvgIpc) is 3.66. The van der Waals surface area contributed by atoms with Crippen molar-refractivity contribution in [3.8, 4) is 0 Å². The zero-order chi connectivity index (χ0) is 65.4. The van der Waals surface area contributed by atoms with Crippen molar-refractivity contribution < 1.29 is 80.2 Å². The molecule has 19 heteroatoms. The van der Waals surface area contributed by atoms with Gasteiger partial charge in [0.05, 0.1) is 26.4 Å². The van der Waals surface area contributed by atoms with Crippen molar-refractivity contribution in [2.45, 2.75) is 386 Å². The van der Waals surface area contributed by atoms with Gasteiger partial charge in [-0.05, 0) is 25.7 Å². The third kappa shape index (κ3) is 64.6. The molecule has 528 valence electrons. The standard InChI is InChI=1S/C70H136O17P2/c1-5-9-13-17-21-25-29-30-31-32-33-34-37-41-45-49-53-57-70(75)87-66(61-81-68(73)55-51-47-43-39-35-26-22-18-14-10-6-2)63-85-89(78,79)83-59-64(71)58-82-88(76,77)84-62-65(60-80-67(72)54-50-46-42-38-28-24-20-16-12-8-4)86-69(74)56-52-48-44-40-36-27-23-19-15-11-7-3/h64-66,71H,5-63H2,1-4H3,(H,76,77)(H,78,79)/t64-,65+,66+/m0/s1. The summed E-state index contributed by atoms with van der Waals surface area (Å²) in [6.07, 6.45) is 52.6.